The number of nitro groups is 1. The van der Waals surface area contributed by atoms with Crippen LogP contribution < -0.4 is 5.32 Å². The number of aromatic nitrogens is 2. The molecule has 0 aliphatic rings. The Morgan fingerprint density at radius 3 is 2.47 bits per heavy atom. The van der Waals surface area contributed by atoms with Crippen molar-refractivity contribution in [2.24, 2.45) is 7.05 Å². The normalized spacial score (nSPS) is 12.3. The summed E-state index contributed by atoms with van der Waals surface area (Å²) < 4.78 is 5.95. The van der Waals surface area contributed by atoms with Crippen LogP contribution in [0.3, 0.4) is 0 Å². The first-order chi connectivity index (χ1) is 8.79. The van der Waals surface area contributed by atoms with Crippen molar-refractivity contribution in [1.82, 2.24) is 9.78 Å². The molecule has 0 amide bonds. The summed E-state index contributed by atoms with van der Waals surface area (Å²) in [5.74, 6) is -0.385. The number of nitrogens with zero attached hydrogens (tertiary/aromatic N) is 3. The van der Waals surface area contributed by atoms with Crippen molar-refractivity contribution in [2.75, 3.05) is 12.4 Å². The fourth-order valence-corrected chi connectivity index (χ4v) is 1.70. The van der Waals surface area contributed by atoms with Gasteiger partial charge in [0.25, 0.3) is 0 Å². The van der Waals surface area contributed by atoms with Gasteiger partial charge in [0.1, 0.15) is 11.7 Å². The van der Waals surface area contributed by atoms with Crippen molar-refractivity contribution < 1.29 is 14.5 Å². The van der Waals surface area contributed by atoms with E-state index in [0.29, 0.717) is 5.69 Å². The van der Waals surface area contributed by atoms with Gasteiger partial charge in [-0.25, -0.2) is 9.48 Å². The molecule has 1 aromatic rings. The number of nitrogens with one attached hydrogen (secondary N) is 1. The SMILES string of the molecule is COC(=O)C(C)Nc1c([N+](=O)[O-])c(C(C)C)nn1C. The molecular weight excluding hydrogens is 252 g/mol. The largest absolute Gasteiger partial charge is 0.467 e. The van der Waals surface area contributed by atoms with Crippen LogP contribution in [0.4, 0.5) is 11.5 Å². The Hall–Kier alpha value is -2.12. The van der Waals surface area contributed by atoms with Crippen LogP contribution in [0, 0.1) is 10.1 Å². The molecule has 0 aliphatic heterocycles. The molecule has 1 atom stereocenters. The molecule has 1 aromatic heterocycles. The Bertz CT molecular complexity index is 495. The number of carbonyl (C=O) groups is 1. The zero-order valence-corrected chi connectivity index (χ0v) is 11.6. The second-order valence-corrected chi connectivity index (χ2v) is 4.51. The molecule has 0 spiro atoms. The Morgan fingerprint density at radius 1 is 1.47 bits per heavy atom. The zero-order chi connectivity index (χ0) is 14.7. The van der Waals surface area contributed by atoms with Crippen LogP contribution in [-0.2, 0) is 16.6 Å². The minimum atomic E-state index is -0.695. The first-order valence-electron chi connectivity index (χ1n) is 5.85. The van der Waals surface area contributed by atoms with E-state index in [1.165, 1.54) is 11.8 Å². The lowest BCUT2D eigenvalue weighted by atomic mass is 10.1. The van der Waals surface area contributed by atoms with Crippen LogP contribution in [0.15, 0.2) is 0 Å². The molecule has 0 bridgehead atoms. The van der Waals surface area contributed by atoms with E-state index in [2.05, 4.69) is 15.2 Å². The lowest BCUT2D eigenvalue weighted by Gasteiger charge is -2.12. The van der Waals surface area contributed by atoms with Crippen LogP contribution in [0.1, 0.15) is 32.4 Å². The number of anilines is 1. The summed E-state index contributed by atoms with van der Waals surface area (Å²) in [5.41, 5.74) is 0.278. The molecular formula is C11H18N4O4. The number of rotatable bonds is 5. The van der Waals surface area contributed by atoms with Gasteiger partial charge in [-0.15, -0.1) is 0 Å². The number of hydrogen-bond donors (Lipinski definition) is 1. The zero-order valence-electron chi connectivity index (χ0n) is 11.6. The molecule has 8 heteroatoms. The molecule has 0 radical (unpaired) electrons. The summed E-state index contributed by atoms with van der Waals surface area (Å²) in [6, 6.07) is -0.695. The van der Waals surface area contributed by atoms with Gasteiger partial charge < -0.3 is 10.1 Å². The average molecular weight is 270 g/mol. The van der Waals surface area contributed by atoms with E-state index in [-0.39, 0.29) is 17.4 Å². The predicted molar refractivity (Wildman–Crippen MR) is 69.1 cm³/mol. The summed E-state index contributed by atoms with van der Waals surface area (Å²) in [5, 5.41) is 18.1. The second kappa shape index (κ2) is 5.68. The summed E-state index contributed by atoms with van der Waals surface area (Å²) in [6.45, 7) is 5.21. The Morgan fingerprint density at radius 2 is 2.05 bits per heavy atom. The van der Waals surface area contributed by atoms with Crippen molar-refractivity contribution in [3.05, 3.63) is 15.8 Å². The highest BCUT2D eigenvalue weighted by Gasteiger charge is 2.30. The minimum Gasteiger partial charge on any atom is -0.467 e. The quantitative estimate of drug-likeness (QED) is 0.493. The monoisotopic (exact) mass is 270 g/mol. The van der Waals surface area contributed by atoms with Gasteiger partial charge in [-0.05, 0) is 6.92 Å². The highest BCUT2D eigenvalue weighted by Crippen LogP contribution is 2.33. The van der Waals surface area contributed by atoms with Gasteiger partial charge in [0.2, 0.25) is 5.82 Å². The Balaban J connectivity index is 3.20. The highest BCUT2D eigenvalue weighted by atomic mass is 16.6. The molecule has 0 aromatic carbocycles. The molecule has 1 unspecified atom stereocenters. The molecule has 1 heterocycles. The lowest BCUT2D eigenvalue weighted by Crippen LogP contribution is -2.28. The van der Waals surface area contributed by atoms with Crippen LogP contribution in [0.2, 0.25) is 0 Å². The topological polar surface area (TPSA) is 99.3 Å². The molecule has 0 fully saturated rings. The fraction of sp³-hybridized carbons (Fsp3) is 0.636. The third kappa shape index (κ3) is 3.01. The lowest BCUT2D eigenvalue weighted by molar-refractivity contribution is -0.384. The first kappa shape index (κ1) is 14.9. The first-order valence-corrected chi connectivity index (χ1v) is 5.85. The van der Waals surface area contributed by atoms with Gasteiger partial charge in [-0.1, -0.05) is 13.8 Å². The van der Waals surface area contributed by atoms with E-state index in [4.69, 9.17) is 0 Å². The molecule has 1 rings (SSSR count). The summed E-state index contributed by atoms with van der Waals surface area (Å²) in [6.07, 6.45) is 0. The van der Waals surface area contributed by atoms with Crippen LogP contribution in [0.5, 0.6) is 0 Å². The van der Waals surface area contributed by atoms with Crippen LogP contribution in [-0.4, -0.2) is 33.8 Å². The van der Waals surface area contributed by atoms with Crippen molar-refractivity contribution in [1.29, 1.82) is 0 Å². The maximum atomic E-state index is 11.4. The number of esters is 1. The third-order valence-electron chi connectivity index (χ3n) is 2.69. The summed E-state index contributed by atoms with van der Waals surface area (Å²) in [7, 11) is 2.85. The van der Waals surface area contributed by atoms with E-state index < -0.39 is 16.9 Å². The highest BCUT2D eigenvalue weighted by molar-refractivity contribution is 5.79. The Labute approximate surface area is 110 Å². The van der Waals surface area contributed by atoms with Gasteiger partial charge in [-0.2, -0.15) is 5.10 Å². The molecule has 0 saturated heterocycles. The fourth-order valence-electron chi connectivity index (χ4n) is 1.70. The Kier molecular flexibility index (Phi) is 4.47. The van der Waals surface area contributed by atoms with Crippen molar-refractivity contribution in [3.63, 3.8) is 0 Å². The number of ether oxygens (including phenoxy) is 1. The molecule has 0 saturated carbocycles. The van der Waals surface area contributed by atoms with Crippen molar-refractivity contribution >= 4 is 17.5 Å². The smallest absolute Gasteiger partial charge is 0.334 e. The molecule has 106 valence electrons. The van der Waals surface area contributed by atoms with Gasteiger partial charge in [0.05, 0.1) is 12.0 Å². The number of carbonyl (C=O) groups excluding carboxylic acids is 1. The minimum absolute atomic E-state index is 0.0874. The van der Waals surface area contributed by atoms with Gasteiger partial charge >= 0.3 is 11.7 Å². The summed E-state index contributed by atoms with van der Waals surface area (Å²) >= 11 is 0. The second-order valence-electron chi connectivity index (χ2n) is 4.51. The third-order valence-corrected chi connectivity index (χ3v) is 2.69. The maximum Gasteiger partial charge on any atom is 0.334 e. The van der Waals surface area contributed by atoms with Crippen molar-refractivity contribution in [3.8, 4) is 0 Å². The van der Waals surface area contributed by atoms with E-state index in [1.54, 1.807) is 14.0 Å². The molecule has 0 aliphatic carbocycles. The van der Waals surface area contributed by atoms with Gasteiger partial charge in [0, 0.05) is 13.0 Å². The summed E-state index contributed by atoms with van der Waals surface area (Å²) in [4.78, 5) is 22.1. The van der Waals surface area contributed by atoms with E-state index in [1.807, 2.05) is 13.8 Å². The van der Waals surface area contributed by atoms with Crippen LogP contribution in [0.25, 0.3) is 0 Å². The maximum absolute atomic E-state index is 11.4. The molecule has 19 heavy (non-hydrogen) atoms. The van der Waals surface area contributed by atoms with Gasteiger partial charge in [0.15, 0.2) is 0 Å². The van der Waals surface area contributed by atoms with Crippen molar-refractivity contribution in [2.45, 2.75) is 32.7 Å². The van der Waals surface area contributed by atoms with Crippen LogP contribution >= 0.6 is 0 Å². The van der Waals surface area contributed by atoms with Gasteiger partial charge in [-0.3, -0.25) is 10.1 Å². The standard InChI is InChI=1S/C11H18N4O4/c1-6(2)8-9(15(17)18)10(14(4)13-8)12-7(3)11(16)19-5/h6-7,12H,1-5H3. The number of aryl methyl sites for hydroxylation is 1. The number of hydrogen-bond acceptors (Lipinski definition) is 6. The average Bonchev–Trinajstić information content (AvgIpc) is 2.66. The number of methoxy groups -OCH3 is 1. The predicted octanol–water partition coefficient (Wildman–Crippen LogP) is 1.43. The molecule has 8 nitrogen and oxygen atoms in total. The molecule has 1 N–H and O–H groups in total. The van der Waals surface area contributed by atoms with E-state index in [0.717, 1.165) is 0 Å². The van der Waals surface area contributed by atoms with E-state index >= 15 is 0 Å². The van der Waals surface area contributed by atoms with E-state index in [9.17, 15) is 14.9 Å².